The average Bonchev–Trinajstić information content (AvgIpc) is 2.56. The molecule has 1 unspecified atom stereocenters. The predicted octanol–water partition coefficient (Wildman–Crippen LogP) is 0.881. The number of benzene rings is 1. The number of fused-ring (bicyclic) bond motifs is 1. The van der Waals surface area contributed by atoms with Gasteiger partial charge in [-0.1, -0.05) is 30.3 Å². The third-order valence-electron chi connectivity index (χ3n) is 2.58. The normalized spacial score (nSPS) is 23.1. The molecule has 1 aliphatic carbocycles. The number of rotatable bonds is 2. The zero-order valence-corrected chi connectivity index (χ0v) is 8.81. The molecular formula is C10H8O5S. The highest BCUT2D eigenvalue weighted by Gasteiger charge is 2.53. The summed E-state index contributed by atoms with van der Waals surface area (Å²) in [5.41, 5.74) is 0.535. The van der Waals surface area contributed by atoms with Crippen LogP contribution in [-0.2, 0) is 19.7 Å². The Balaban J connectivity index is 2.81. The Kier molecular flexibility index (Phi) is 2.14. The highest BCUT2D eigenvalue weighted by molar-refractivity contribution is 7.87. The molecule has 6 heteroatoms. The fourth-order valence-electron chi connectivity index (χ4n) is 1.80. The van der Waals surface area contributed by atoms with Gasteiger partial charge in [0.2, 0.25) is 4.75 Å². The highest BCUT2D eigenvalue weighted by atomic mass is 32.2. The van der Waals surface area contributed by atoms with Crippen molar-refractivity contribution < 1.29 is 22.9 Å². The summed E-state index contributed by atoms with van der Waals surface area (Å²) in [5.74, 6) is -1.61. The zero-order valence-electron chi connectivity index (χ0n) is 7.99. The van der Waals surface area contributed by atoms with Gasteiger partial charge in [0.05, 0.1) is 0 Å². The largest absolute Gasteiger partial charge is 0.480 e. The Hall–Kier alpha value is -1.66. The van der Waals surface area contributed by atoms with E-state index in [1.165, 1.54) is 18.2 Å². The quantitative estimate of drug-likeness (QED) is 0.749. The standard InChI is InChI=1S/C10H8O5S/c11-9(12)10(16(13,14)15)6-5-7-3-1-2-4-8(7)10/h1-6H,(H,11,12)(H,13,14,15). The van der Waals surface area contributed by atoms with E-state index in [2.05, 4.69) is 0 Å². The lowest BCUT2D eigenvalue weighted by atomic mass is 10.0. The van der Waals surface area contributed by atoms with Crippen molar-refractivity contribution in [2.45, 2.75) is 4.75 Å². The van der Waals surface area contributed by atoms with Gasteiger partial charge < -0.3 is 5.11 Å². The van der Waals surface area contributed by atoms with Gasteiger partial charge in [-0.15, -0.1) is 0 Å². The van der Waals surface area contributed by atoms with E-state index in [4.69, 9.17) is 9.66 Å². The van der Waals surface area contributed by atoms with Gasteiger partial charge in [-0.05, 0) is 17.2 Å². The minimum Gasteiger partial charge on any atom is -0.480 e. The summed E-state index contributed by atoms with van der Waals surface area (Å²) in [7, 11) is -4.76. The van der Waals surface area contributed by atoms with Crippen molar-refractivity contribution in [3.63, 3.8) is 0 Å². The van der Waals surface area contributed by atoms with E-state index in [-0.39, 0.29) is 5.56 Å². The maximum atomic E-state index is 11.3. The molecule has 5 nitrogen and oxygen atoms in total. The minimum absolute atomic E-state index is 0.0602. The Bertz CT molecular complexity index is 587. The first-order valence-corrected chi connectivity index (χ1v) is 5.83. The summed E-state index contributed by atoms with van der Waals surface area (Å²) in [6.45, 7) is 0. The van der Waals surface area contributed by atoms with E-state index >= 15 is 0 Å². The molecule has 1 atom stereocenters. The topological polar surface area (TPSA) is 91.7 Å². The van der Waals surface area contributed by atoms with Crippen molar-refractivity contribution >= 4 is 22.2 Å². The summed E-state index contributed by atoms with van der Waals surface area (Å²) in [5, 5.41) is 9.06. The molecule has 2 N–H and O–H groups in total. The second-order valence-corrected chi connectivity index (χ2v) is 5.03. The molecule has 0 saturated heterocycles. The lowest BCUT2D eigenvalue weighted by Crippen LogP contribution is -2.40. The molecule has 84 valence electrons. The van der Waals surface area contributed by atoms with Crippen molar-refractivity contribution in [3.8, 4) is 0 Å². The van der Waals surface area contributed by atoms with Crippen LogP contribution in [0, 0.1) is 0 Å². The molecular weight excluding hydrogens is 232 g/mol. The number of carboxylic acids is 1. The molecule has 0 fully saturated rings. The van der Waals surface area contributed by atoms with Gasteiger partial charge in [0, 0.05) is 0 Å². The molecule has 0 saturated carbocycles. The van der Waals surface area contributed by atoms with Crippen LogP contribution in [-0.4, -0.2) is 24.0 Å². The average molecular weight is 240 g/mol. The maximum absolute atomic E-state index is 11.3. The first kappa shape index (κ1) is 10.8. The Morgan fingerprint density at radius 1 is 1.25 bits per heavy atom. The van der Waals surface area contributed by atoms with Gasteiger partial charge in [0.15, 0.2) is 0 Å². The van der Waals surface area contributed by atoms with Gasteiger partial charge in [-0.25, -0.2) is 4.79 Å². The van der Waals surface area contributed by atoms with Crippen LogP contribution in [0.5, 0.6) is 0 Å². The van der Waals surface area contributed by atoms with Gasteiger partial charge in [-0.2, -0.15) is 8.42 Å². The van der Waals surface area contributed by atoms with Crippen molar-refractivity contribution in [3.05, 3.63) is 41.5 Å². The van der Waals surface area contributed by atoms with Gasteiger partial charge in [0.25, 0.3) is 10.1 Å². The van der Waals surface area contributed by atoms with Crippen LogP contribution >= 0.6 is 0 Å². The van der Waals surface area contributed by atoms with Crippen LogP contribution in [0.4, 0.5) is 0 Å². The van der Waals surface area contributed by atoms with Crippen LogP contribution < -0.4 is 0 Å². The number of carboxylic acid groups (broad SMARTS) is 1. The first-order chi connectivity index (χ1) is 7.39. The van der Waals surface area contributed by atoms with Gasteiger partial charge in [-0.3, -0.25) is 4.55 Å². The third kappa shape index (κ3) is 1.20. The van der Waals surface area contributed by atoms with E-state index in [9.17, 15) is 13.2 Å². The smallest absolute Gasteiger partial charge is 0.336 e. The molecule has 0 amide bonds. The van der Waals surface area contributed by atoms with E-state index < -0.39 is 20.8 Å². The predicted molar refractivity (Wildman–Crippen MR) is 56.3 cm³/mol. The second-order valence-electron chi connectivity index (χ2n) is 3.44. The van der Waals surface area contributed by atoms with Crippen molar-refractivity contribution in [1.29, 1.82) is 0 Å². The van der Waals surface area contributed by atoms with Crippen LogP contribution in [0.15, 0.2) is 30.3 Å². The van der Waals surface area contributed by atoms with Crippen LogP contribution in [0.2, 0.25) is 0 Å². The summed E-state index contributed by atoms with van der Waals surface area (Å²) in [4.78, 5) is 11.1. The molecule has 0 aliphatic heterocycles. The van der Waals surface area contributed by atoms with Crippen molar-refractivity contribution in [1.82, 2.24) is 0 Å². The Labute approximate surface area is 91.8 Å². The van der Waals surface area contributed by atoms with Gasteiger partial charge >= 0.3 is 5.97 Å². The first-order valence-electron chi connectivity index (χ1n) is 4.39. The minimum atomic E-state index is -4.76. The molecule has 0 spiro atoms. The molecule has 0 heterocycles. The van der Waals surface area contributed by atoms with E-state index in [0.717, 1.165) is 6.08 Å². The Morgan fingerprint density at radius 2 is 1.88 bits per heavy atom. The van der Waals surface area contributed by atoms with E-state index in [1.807, 2.05) is 0 Å². The lowest BCUT2D eigenvalue weighted by molar-refractivity contribution is -0.139. The molecule has 1 aromatic carbocycles. The van der Waals surface area contributed by atoms with Crippen molar-refractivity contribution in [2.24, 2.45) is 0 Å². The molecule has 0 aromatic heterocycles. The molecule has 1 aromatic rings. The molecule has 2 rings (SSSR count). The molecule has 0 radical (unpaired) electrons. The number of hydrogen-bond acceptors (Lipinski definition) is 3. The van der Waals surface area contributed by atoms with E-state index in [0.29, 0.717) is 5.56 Å². The lowest BCUT2D eigenvalue weighted by Gasteiger charge is -2.20. The second kappa shape index (κ2) is 3.16. The van der Waals surface area contributed by atoms with Crippen LogP contribution in [0.3, 0.4) is 0 Å². The number of aliphatic carboxylic acids is 1. The maximum Gasteiger partial charge on any atom is 0.336 e. The SMILES string of the molecule is O=C(O)C1(S(=O)(=O)O)C=Cc2ccccc21. The van der Waals surface area contributed by atoms with Crippen LogP contribution in [0.1, 0.15) is 11.1 Å². The number of hydrogen-bond donors (Lipinski definition) is 2. The molecule has 1 aliphatic rings. The highest BCUT2D eigenvalue weighted by Crippen LogP contribution is 2.40. The summed E-state index contributed by atoms with van der Waals surface area (Å²) in [6, 6.07) is 6.14. The third-order valence-corrected chi connectivity index (χ3v) is 3.93. The summed E-state index contributed by atoms with van der Waals surface area (Å²) < 4.78 is 29.3. The summed E-state index contributed by atoms with van der Waals surface area (Å²) in [6.07, 6.45) is 2.35. The van der Waals surface area contributed by atoms with E-state index in [1.54, 1.807) is 12.1 Å². The monoisotopic (exact) mass is 240 g/mol. The fourth-order valence-corrected chi connectivity index (χ4v) is 2.72. The summed E-state index contributed by atoms with van der Waals surface area (Å²) >= 11 is 0. The Morgan fingerprint density at radius 3 is 2.44 bits per heavy atom. The molecule has 16 heavy (non-hydrogen) atoms. The van der Waals surface area contributed by atoms with Gasteiger partial charge in [0.1, 0.15) is 0 Å². The molecule has 0 bridgehead atoms. The zero-order chi connectivity index (χ0) is 12.0. The fraction of sp³-hybridized carbons (Fsp3) is 0.100. The number of carbonyl (C=O) groups is 1. The van der Waals surface area contributed by atoms with Crippen LogP contribution in [0.25, 0.3) is 6.08 Å². The van der Waals surface area contributed by atoms with Crippen molar-refractivity contribution in [2.75, 3.05) is 0 Å².